The molecular weight excluding hydrogens is 448 g/mol. The molecule has 0 saturated heterocycles. The van der Waals surface area contributed by atoms with Crippen molar-refractivity contribution in [3.63, 3.8) is 0 Å². The van der Waals surface area contributed by atoms with Crippen LogP contribution in [-0.4, -0.2) is 30.5 Å². The zero-order valence-electron chi connectivity index (χ0n) is 16.9. The Labute approximate surface area is 191 Å². The van der Waals surface area contributed by atoms with Gasteiger partial charge in [0.15, 0.2) is 0 Å². The summed E-state index contributed by atoms with van der Waals surface area (Å²) in [5.41, 5.74) is 4.10. The van der Waals surface area contributed by atoms with Gasteiger partial charge in [-0.15, -0.1) is 11.8 Å². The van der Waals surface area contributed by atoms with E-state index in [4.69, 9.17) is 11.6 Å². The molecule has 1 atom stereocenters. The maximum atomic E-state index is 13.7. The van der Waals surface area contributed by atoms with Crippen molar-refractivity contribution in [2.24, 2.45) is 0 Å². The monoisotopic (exact) mass is 468 g/mol. The lowest BCUT2D eigenvalue weighted by atomic mass is 9.94. The molecule has 0 unspecified atom stereocenters. The smallest absolute Gasteiger partial charge is 0.244 e. The van der Waals surface area contributed by atoms with E-state index in [9.17, 15) is 8.42 Å². The predicted molar refractivity (Wildman–Crippen MR) is 127 cm³/mol. The number of aromatic nitrogens is 1. The van der Waals surface area contributed by atoms with Crippen LogP contribution in [0.5, 0.6) is 0 Å². The largest absolute Gasteiger partial charge is 0.357 e. The molecule has 4 nitrogen and oxygen atoms in total. The summed E-state index contributed by atoms with van der Waals surface area (Å²) in [7, 11) is -3.75. The number of nitrogens with one attached hydrogen (secondary N) is 1. The molecule has 0 amide bonds. The third kappa shape index (κ3) is 3.57. The Hall–Kier alpha value is -2.25. The highest BCUT2D eigenvalue weighted by Crippen LogP contribution is 2.41. The highest BCUT2D eigenvalue weighted by molar-refractivity contribution is 7.98. The summed E-state index contributed by atoms with van der Waals surface area (Å²) in [5.74, 6) is 0. The first-order chi connectivity index (χ1) is 15.0. The Morgan fingerprint density at radius 3 is 2.55 bits per heavy atom. The molecule has 1 N–H and O–H groups in total. The molecule has 5 rings (SSSR count). The molecule has 0 saturated carbocycles. The van der Waals surface area contributed by atoms with Gasteiger partial charge in [0.2, 0.25) is 10.0 Å². The second kappa shape index (κ2) is 8.02. The van der Waals surface area contributed by atoms with Crippen molar-refractivity contribution in [1.82, 2.24) is 9.29 Å². The highest BCUT2D eigenvalue weighted by Gasteiger charge is 2.39. The van der Waals surface area contributed by atoms with Gasteiger partial charge in [-0.1, -0.05) is 48.0 Å². The Morgan fingerprint density at radius 2 is 1.81 bits per heavy atom. The number of fused-ring (bicyclic) bond motifs is 3. The van der Waals surface area contributed by atoms with Gasteiger partial charge in [0.05, 0.1) is 10.9 Å². The minimum Gasteiger partial charge on any atom is -0.357 e. The fourth-order valence-electron chi connectivity index (χ4n) is 4.36. The standard InChI is InChI=1S/C24H21ClN2O2S2/c1-30-18-11-9-16(10-12-18)24-23-21(20-7-2-3-8-22(20)26-23)13-14-27(24)31(28,29)19-6-4-5-17(25)15-19/h2-12,15,24,26H,13-14H2,1H3/t24-/m0/s1. The molecule has 2 heterocycles. The molecule has 31 heavy (non-hydrogen) atoms. The third-order valence-electron chi connectivity index (χ3n) is 5.82. The second-order valence-electron chi connectivity index (χ2n) is 7.56. The zero-order valence-corrected chi connectivity index (χ0v) is 19.3. The quantitative estimate of drug-likeness (QED) is 0.380. The Bertz CT molecular complexity index is 1360. The van der Waals surface area contributed by atoms with Crippen LogP contribution in [0.15, 0.2) is 82.6 Å². The first kappa shape index (κ1) is 20.6. The van der Waals surface area contributed by atoms with Gasteiger partial charge in [0.1, 0.15) is 0 Å². The molecular formula is C24H21ClN2O2S2. The van der Waals surface area contributed by atoms with Crippen LogP contribution in [-0.2, 0) is 16.4 Å². The van der Waals surface area contributed by atoms with E-state index in [0.717, 1.165) is 27.1 Å². The van der Waals surface area contributed by atoms with Crippen LogP contribution in [0.4, 0.5) is 0 Å². The maximum absolute atomic E-state index is 13.7. The average Bonchev–Trinajstić information content (AvgIpc) is 3.17. The molecule has 4 aromatic rings. The van der Waals surface area contributed by atoms with Crippen molar-refractivity contribution >= 4 is 44.3 Å². The first-order valence-corrected chi connectivity index (χ1v) is 13.0. The topological polar surface area (TPSA) is 53.2 Å². The van der Waals surface area contributed by atoms with E-state index < -0.39 is 16.1 Å². The van der Waals surface area contributed by atoms with E-state index in [-0.39, 0.29) is 4.90 Å². The summed E-state index contributed by atoms with van der Waals surface area (Å²) in [6.07, 6.45) is 2.68. The lowest BCUT2D eigenvalue weighted by molar-refractivity contribution is 0.340. The van der Waals surface area contributed by atoms with Crippen LogP contribution in [0.2, 0.25) is 5.02 Å². The van der Waals surface area contributed by atoms with Crippen molar-refractivity contribution in [2.45, 2.75) is 22.3 Å². The van der Waals surface area contributed by atoms with E-state index in [1.807, 2.05) is 48.7 Å². The van der Waals surface area contributed by atoms with Crippen LogP contribution in [0.1, 0.15) is 22.9 Å². The minimum absolute atomic E-state index is 0.213. The highest BCUT2D eigenvalue weighted by atomic mass is 35.5. The van der Waals surface area contributed by atoms with E-state index in [2.05, 4.69) is 11.1 Å². The number of nitrogens with zero attached hydrogens (tertiary/aromatic N) is 1. The normalized spacial score (nSPS) is 17.0. The Kier molecular flexibility index (Phi) is 5.34. The molecule has 0 aliphatic carbocycles. The second-order valence-corrected chi connectivity index (χ2v) is 10.8. The molecule has 0 radical (unpaired) electrons. The maximum Gasteiger partial charge on any atom is 0.244 e. The van der Waals surface area contributed by atoms with Crippen molar-refractivity contribution in [2.75, 3.05) is 12.8 Å². The Balaban J connectivity index is 1.70. The van der Waals surface area contributed by atoms with Gasteiger partial charge in [-0.2, -0.15) is 4.31 Å². The van der Waals surface area contributed by atoms with Gasteiger partial charge >= 0.3 is 0 Å². The lowest BCUT2D eigenvalue weighted by Crippen LogP contribution is -2.40. The zero-order chi connectivity index (χ0) is 21.6. The molecule has 0 bridgehead atoms. The molecule has 7 heteroatoms. The molecule has 1 aromatic heterocycles. The molecule has 158 valence electrons. The van der Waals surface area contributed by atoms with Crippen molar-refractivity contribution in [3.8, 4) is 0 Å². The van der Waals surface area contributed by atoms with Crippen LogP contribution in [0.25, 0.3) is 10.9 Å². The van der Waals surface area contributed by atoms with Gasteiger partial charge in [-0.3, -0.25) is 0 Å². The summed E-state index contributed by atoms with van der Waals surface area (Å²) >= 11 is 7.78. The van der Waals surface area contributed by atoms with Crippen LogP contribution < -0.4 is 0 Å². The third-order valence-corrected chi connectivity index (χ3v) is 8.66. The average molecular weight is 469 g/mol. The minimum atomic E-state index is -3.75. The van der Waals surface area contributed by atoms with Gasteiger partial charge in [0.25, 0.3) is 0 Å². The number of halogens is 1. The predicted octanol–water partition coefficient (Wildman–Crippen LogP) is 5.88. The number of para-hydroxylation sites is 1. The van der Waals surface area contributed by atoms with Gasteiger partial charge in [0, 0.05) is 33.1 Å². The molecule has 0 spiro atoms. The number of hydrogen-bond donors (Lipinski definition) is 1. The molecule has 1 aliphatic heterocycles. The number of H-pyrrole nitrogens is 1. The fourth-order valence-corrected chi connectivity index (χ4v) is 6.66. The van der Waals surface area contributed by atoms with E-state index in [1.165, 1.54) is 11.6 Å². The van der Waals surface area contributed by atoms with Crippen LogP contribution >= 0.6 is 23.4 Å². The van der Waals surface area contributed by atoms with E-state index >= 15 is 0 Å². The molecule has 3 aromatic carbocycles. The SMILES string of the molecule is CSc1ccc([C@H]2c3[nH]c4ccccc4c3CCN2S(=O)(=O)c2cccc(Cl)c2)cc1. The number of benzene rings is 3. The Morgan fingerprint density at radius 1 is 1.03 bits per heavy atom. The number of rotatable bonds is 4. The fraction of sp³-hybridized carbons (Fsp3) is 0.167. The lowest BCUT2D eigenvalue weighted by Gasteiger charge is -2.35. The van der Waals surface area contributed by atoms with Gasteiger partial charge in [-0.05, 0) is 60.2 Å². The van der Waals surface area contributed by atoms with Crippen molar-refractivity contribution in [1.29, 1.82) is 0 Å². The summed E-state index contributed by atoms with van der Waals surface area (Å²) in [5, 5.41) is 1.56. The number of sulfonamides is 1. The van der Waals surface area contributed by atoms with E-state index in [0.29, 0.717) is 18.0 Å². The van der Waals surface area contributed by atoms with Crippen molar-refractivity contribution in [3.05, 3.63) is 94.6 Å². The summed E-state index contributed by atoms with van der Waals surface area (Å²) in [6, 6.07) is 22.3. The first-order valence-electron chi connectivity index (χ1n) is 10.00. The summed E-state index contributed by atoms with van der Waals surface area (Å²) < 4.78 is 29.0. The van der Waals surface area contributed by atoms with E-state index in [1.54, 1.807) is 34.3 Å². The number of thioether (sulfide) groups is 1. The number of aromatic amines is 1. The van der Waals surface area contributed by atoms with Gasteiger partial charge in [-0.25, -0.2) is 8.42 Å². The summed E-state index contributed by atoms with van der Waals surface area (Å²) in [4.78, 5) is 4.87. The number of hydrogen-bond acceptors (Lipinski definition) is 3. The van der Waals surface area contributed by atoms with Gasteiger partial charge < -0.3 is 4.98 Å². The van der Waals surface area contributed by atoms with Crippen molar-refractivity contribution < 1.29 is 8.42 Å². The molecule has 0 fully saturated rings. The van der Waals surface area contributed by atoms with Crippen LogP contribution in [0.3, 0.4) is 0 Å². The van der Waals surface area contributed by atoms with Crippen LogP contribution in [0, 0.1) is 0 Å². The molecule has 1 aliphatic rings. The summed E-state index contributed by atoms with van der Waals surface area (Å²) in [6.45, 7) is 0.401.